The fraction of sp³-hybridized carbons (Fsp3) is 0.464. The molecule has 0 saturated carbocycles. The highest BCUT2D eigenvalue weighted by molar-refractivity contribution is 6.17. The predicted octanol–water partition coefficient (Wildman–Crippen LogP) is 5.21. The molecule has 0 fully saturated rings. The van der Waals surface area contributed by atoms with Crippen molar-refractivity contribution >= 4 is 11.7 Å². The number of ether oxygens (including phenoxy) is 3. The first-order chi connectivity index (χ1) is 16.1. The Kier molecular flexibility index (Phi) is 6.16. The molecule has 2 aliphatic heterocycles. The Morgan fingerprint density at radius 3 is 2.59 bits per heavy atom. The van der Waals surface area contributed by atoms with Crippen molar-refractivity contribution in [3.05, 3.63) is 57.6 Å². The third kappa shape index (κ3) is 4.27. The van der Waals surface area contributed by atoms with Crippen LogP contribution in [0.4, 0.5) is 0 Å². The molecule has 2 aliphatic rings. The largest absolute Gasteiger partial charge is 0.490 e. The zero-order chi connectivity index (χ0) is 24.7. The number of hydrogen-bond acceptors (Lipinski definition) is 6. The van der Waals surface area contributed by atoms with Gasteiger partial charge in [-0.05, 0) is 65.7 Å². The van der Waals surface area contributed by atoms with Gasteiger partial charge in [0.2, 0.25) is 0 Å². The lowest BCUT2D eigenvalue weighted by molar-refractivity contribution is 0.0526. The number of carbonyl (C=O) groups is 1. The van der Waals surface area contributed by atoms with Crippen LogP contribution in [0.15, 0.2) is 29.3 Å². The van der Waals surface area contributed by atoms with Crippen LogP contribution in [-0.4, -0.2) is 36.0 Å². The van der Waals surface area contributed by atoms with Crippen molar-refractivity contribution in [2.24, 2.45) is 4.99 Å². The molecular formula is C28H32N2O4. The van der Waals surface area contributed by atoms with Crippen LogP contribution >= 0.6 is 0 Å². The van der Waals surface area contributed by atoms with E-state index in [9.17, 15) is 10.1 Å². The van der Waals surface area contributed by atoms with Gasteiger partial charge >= 0.3 is 5.97 Å². The molecule has 0 amide bonds. The van der Waals surface area contributed by atoms with Gasteiger partial charge < -0.3 is 14.2 Å². The Labute approximate surface area is 201 Å². The van der Waals surface area contributed by atoms with Gasteiger partial charge in [0.15, 0.2) is 11.5 Å². The number of nitrogens with zero attached hydrogens (tertiary/aromatic N) is 2. The lowest BCUT2D eigenvalue weighted by Crippen LogP contribution is -2.32. The summed E-state index contributed by atoms with van der Waals surface area (Å²) in [6.45, 7) is 12.8. The van der Waals surface area contributed by atoms with Gasteiger partial charge in [-0.1, -0.05) is 12.1 Å². The van der Waals surface area contributed by atoms with E-state index in [1.165, 1.54) is 0 Å². The molecule has 0 N–H and O–H groups in total. The Hall–Kier alpha value is -3.33. The molecule has 6 nitrogen and oxygen atoms in total. The molecule has 0 radical (unpaired) electrons. The molecule has 6 heteroatoms. The standard InChI is InChI=1S/C28H32N2O4/c1-7-32-24-19(12-13-29)20-15-27(3,4)30-23(22(20)21-16-28(5,6)34-25(21)24)17-10-9-11-18(14-17)26(31)33-8-2/h9-11,14H,7-8,12,15-16H2,1-6H3. The molecule has 178 valence electrons. The van der Waals surface area contributed by atoms with Crippen LogP contribution in [0.5, 0.6) is 11.5 Å². The van der Waals surface area contributed by atoms with Gasteiger partial charge in [0, 0.05) is 28.7 Å². The monoisotopic (exact) mass is 460 g/mol. The molecule has 34 heavy (non-hydrogen) atoms. The minimum absolute atomic E-state index is 0.223. The van der Waals surface area contributed by atoms with Crippen molar-refractivity contribution in [2.45, 2.75) is 71.9 Å². The summed E-state index contributed by atoms with van der Waals surface area (Å²) in [7, 11) is 0. The van der Waals surface area contributed by atoms with E-state index in [0.717, 1.165) is 33.5 Å². The van der Waals surface area contributed by atoms with Gasteiger partial charge in [-0.25, -0.2) is 4.79 Å². The van der Waals surface area contributed by atoms with Gasteiger partial charge in [0.05, 0.1) is 42.5 Å². The number of rotatable bonds is 6. The minimum Gasteiger partial charge on any atom is -0.490 e. The SMILES string of the molecule is CCOC(=O)c1cccc(C2=NC(C)(C)Cc3c(CC#N)c(OCC)c4c(c32)CC(C)(C)O4)c1. The van der Waals surface area contributed by atoms with Crippen molar-refractivity contribution in [3.63, 3.8) is 0 Å². The van der Waals surface area contributed by atoms with Crippen LogP contribution in [0.2, 0.25) is 0 Å². The highest BCUT2D eigenvalue weighted by atomic mass is 16.5. The van der Waals surface area contributed by atoms with E-state index in [1.807, 2.05) is 25.1 Å². The summed E-state index contributed by atoms with van der Waals surface area (Å²) < 4.78 is 17.7. The van der Waals surface area contributed by atoms with Crippen molar-refractivity contribution in [1.82, 2.24) is 0 Å². The molecule has 0 atom stereocenters. The number of fused-ring (bicyclic) bond motifs is 3. The summed E-state index contributed by atoms with van der Waals surface area (Å²) in [6, 6.07) is 9.76. The maximum Gasteiger partial charge on any atom is 0.338 e. The fourth-order valence-corrected chi connectivity index (χ4v) is 4.96. The van der Waals surface area contributed by atoms with Gasteiger partial charge in [0.1, 0.15) is 5.60 Å². The molecule has 4 rings (SSSR count). The van der Waals surface area contributed by atoms with Gasteiger partial charge in [-0.2, -0.15) is 5.26 Å². The van der Waals surface area contributed by atoms with Gasteiger partial charge in [0.25, 0.3) is 0 Å². The maximum absolute atomic E-state index is 12.4. The van der Waals surface area contributed by atoms with Crippen LogP contribution in [0.3, 0.4) is 0 Å². The van der Waals surface area contributed by atoms with Crippen LogP contribution in [0.1, 0.15) is 79.7 Å². The fourth-order valence-electron chi connectivity index (χ4n) is 4.96. The molecule has 2 heterocycles. The number of nitriles is 1. The molecule has 0 unspecified atom stereocenters. The maximum atomic E-state index is 12.4. The molecule has 0 bridgehead atoms. The topological polar surface area (TPSA) is 80.9 Å². The van der Waals surface area contributed by atoms with E-state index in [1.54, 1.807) is 13.0 Å². The Bertz CT molecular complexity index is 1220. The van der Waals surface area contributed by atoms with Crippen LogP contribution in [-0.2, 0) is 24.0 Å². The average molecular weight is 461 g/mol. The quantitative estimate of drug-likeness (QED) is 0.553. The summed E-state index contributed by atoms with van der Waals surface area (Å²) in [5, 5.41) is 9.70. The summed E-state index contributed by atoms with van der Waals surface area (Å²) >= 11 is 0. The Morgan fingerprint density at radius 1 is 1.15 bits per heavy atom. The van der Waals surface area contributed by atoms with E-state index in [0.29, 0.717) is 43.1 Å². The van der Waals surface area contributed by atoms with E-state index in [2.05, 4.69) is 33.8 Å². The first-order valence-electron chi connectivity index (χ1n) is 11.9. The van der Waals surface area contributed by atoms with Gasteiger partial charge in [-0.3, -0.25) is 4.99 Å². The highest BCUT2D eigenvalue weighted by Gasteiger charge is 2.41. The zero-order valence-electron chi connectivity index (χ0n) is 20.9. The summed E-state index contributed by atoms with van der Waals surface area (Å²) in [6.07, 6.45) is 1.61. The Balaban J connectivity index is 2.01. The number of benzene rings is 2. The third-order valence-electron chi connectivity index (χ3n) is 6.16. The zero-order valence-corrected chi connectivity index (χ0v) is 20.9. The van der Waals surface area contributed by atoms with E-state index in [-0.39, 0.29) is 17.9 Å². The number of esters is 1. The Morgan fingerprint density at radius 2 is 1.91 bits per heavy atom. The normalized spacial score (nSPS) is 17.0. The number of carbonyl (C=O) groups excluding carboxylic acids is 1. The van der Waals surface area contributed by atoms with Crippen molar-refractivity contribution < 1.29 is 19.0 Å². The van der Waals surface area contributed by atoms with Crippen LogP contribution in [0.25, 0.3) is 0 Å². The smallest absolute Gasteiger partial charge is 0.338 e. The number of aliphatic imine (C=N–C) groups is 1. The van der Waals surface area contributed by atoms with Gasteiger partial charge in [-0.15, -0.1) is 0 Å². The van der Waals surface area contributed by atoms with E-state index >= 15 is 0 Å². The molecule has 0 aromatic heterocycles. The highest BCUT2D eigenvalue weighted by Crippen LogP contribution is 2.50. The molecule has 0 aliphatic carbocycles. The predicted molar refractivity (Wildman–Crippen MR) is 131 cm³/mol. The van der Waals surface area contributed by atoms with E-state index in [4.69, 9.17) is 19.2 Å². The minimum atomic E-state index is -0.405. The average Bonchev–Trinajstić information content (AvgIpc) is 3.10. The number of hydrogen-bond donors (Lipinski definition) is 0. The van der Waals surface area contributed by atoms with Crippen LogP contribution < -0.4 is 9.47 Å². The van der Waals surface area contributed by atoms with Crippen molar-refractivity contribution in [1.29, 1.82) is 5.26 Å². The second-order valence-corrected chi connectivity index (χ2v) is 10.0. The molecule has 0 saturated heterocycles. The van der Waals surface area contributed by atoms with Crippen molar-refractivity contribution in [3.8, 4) is 17.6 Å². The van der Waals surface area contributed by atoms with Crippen LogP contribution in [0, 0.1) is 11.3 Å². The molecule has 0 spiro atoms. The second kappa shape index (κ2) is 8.79. The first kappa shape index (κ1) is 23.8. The molecule has 2 aromatic carbocycles. The summed E-state index contributed by atoms with van der Waals surface area (Å²) in [5.74, 6) is 1.04. The first-order valence-corrected chi connectivity index (χ1v) is 11.9. The summed E-state index contributed by atoms with van der Waals surface area (Å²) in [4.78, 5) is 17.6. The molecule has 2 aromatic rings. The second-order valence-electron chi connectivity index (χ2n) is 10.0. The lowest BCUT2D eigenvalue weighted by atomic mass is 9.78. The third-order valence-corrected chi connectivity index (χ3v) is 6.16. The lowest BCUT2D eigenvalue weighted by Gasteiger charge is -2.33. The van der Waals surface area contributed by atoms with E-state index < -0.39 is 5.60 Å². The molecular weight excluding hydrogens is 428 g/mol. The summed E-state index contributed by atoms with van der Waals surface area (Å²) in [5.41, 5.74) is 5.38. The van der Waals surface area contributed by atoms with Crippen molar-refractivity contribution in [2.75, 3.05) is 13.2 Å².